The Kier molecular flexibility index (Phi) is 6.32. The summed E-state index contributed by atoms with van der Waals surface area (Å²) in [5.41, 5.74) is 0.429. The molecule has 124 valence electrons. The molecule has 2 unspecified atom stereocenters. The number of aliphatic hydroxyl groups excluding tert-OH is 2. The van der Waals surface area contributed by atoms with Crippen LogP contribution in [0.1, 0.15) is 44.4 Å². The van der Waals surface area contributed by atoms with Gasteiger partial charge in [-0.05, 0) is 57.4 Å². The van der Waals surface area contributed by atoms with Crippen LogP contribution in [0.2, 0.25) is 0 Å². The lowest BCUT2D eigenvalue weighted by molar-refractivity contribution is 0.0118. The molecule has 0 aliphatic carbocycles. The van der Waals surface area contributed by atoms with Gasteiger partial charge in [-0.2, -0.15) is 0 Å². The summed E-state index contributed by atoms with van der Waals surface area (Å²) in [6, 6.07) is 4.03. The summed E-state index contributed by atoms with van der Waals surface area (Å²) < 4.78 is 18.3. The maximum absolute atomic E-state index is 13.2. The Labute approximate surface area is 130 Å². The number of aryl methyl sites for hydroxylation is 1. The van der Waals surface area contributed by atoms with Crippen molar-refractivity contribution in [3.8, 4) is 0 Å². The maximum Gasteiger partial charge on any atom is 0.407 e. The summed E-state index contributed by atoms with van der Waals surface area (Å²) >= 11 is 0. The van der Waals surface area contributed by atoms with Crippen LogP contribution in [-0.2, 0) is 4.74 Å². The Morgan fingerprint density at radius 3 is 2.59 bits per heavy atom. The molecule has 0 heterocycles. The number of hydrogen-bond donors (Lipinski definition) is 3. The van der Waals surface area contributed by atoms with Gasteiger partial charge in [0.05, 0.1) is 6.10 Å². The second-order valence-corrected chi connectivity index (χ2v) is 6.23. The van der Waals surface area contributed by atoms with E-state index < -0.39 is 29.7 Å². The van der Waals surface area contributed by atoms with E-state index in [1.54, 1.807) is 33.8 Å². The minimum absolute atomic E-state index is 0.121. The first kappa shape index (κ1) is 18.4. The van der Waals surface area contributed by atoms with E-state index in [0.717, 1.165) is 0 Å². The topological polar surface area (TPSA) is 78.8 Å². The third-order valence-electron chi connectivity index (χ3n) is 3.03. The molecule has 0 aliphatic heterocycles. The molecule has 0 saturated heterocycles. The number of carbonyl (C=O) groups is 1. The van der Waals surface area contributed by atoms with E-state index in [1.807, 2.05) is 0 Å². The van der Waals surface area contributed by atoms with E-state index in [1.165, 1.54) is 12.1 Å². The van der Waals surface area contributed by atoms with Crippen LogP contribution < -0.4 is 5.32 Å². The van der Waals surface area contributed by atoms with E-state index >= 15 is 0 Å². The molecule has 0 spiro atoms. The lowest BCUT2D eigenvalue weighted by atomic mass is 9.98. The molecule has 0 bridgehead atoms. The van der Waals surface area contributed by atoms with Gasteiger partial charge < -0.3 is 20.3 Å². The number of halogens is 1. The summed E-state index contributed by atoms with van der Waals surface area (Å²) in [5.74, 6) is -0.473. The second-order valence-electron chi connectivity index (χ2n) is 6.23. The standard InChI is InChI=1S/C16H24FNO4/c1-10-5-6-11(17)9-12(10)14(20)13(19)7-8-18-15(21)22-16(2,3)4/h5-6,9,13-14,19-20H,7-8H2,1-4H3,(H,18,21). The van der Waals surface area contributed by atoms with Crippen LogP contribution in [0.4, 0.5) is 9.18 Å². The van der Waals surface area contributed by atoms with Crippen molar-refractivity contribution in [1.29, 1.82) is 0 Å². The zero-order chi connectivity index (χ0) is 16.9. The smallest absolute Gasteiger partial charge is 0.407 e. The molecule has 3 N–H and O–H groups in total. The van der Waals surface area contributed by atoms with Gasteiger partial charge in [-0.25, -0.2) is 9.18 Å². The van der Waals surface area contributed by atoms with Crippen LogP contribution in [0.25, 0.3) is 0 Å². The van der Waals surface area contributed by atoms with Gasteiger partial charge >= 0.3 is 6.09 Å². The van der Waals surface area contributed by atoms with E-state index in [-0.39, 0.29) is 13.0 Å². The first-order chi connectivity index (χ1) is 10.1. The minimum Gasteiger partial charge on any atom is -0.444 e. The number of benzene rings is 1. The number of nitrogens with one attached hydrogen (secondary N) is 1. The average Bonchev–Trinajstić information content (AvgIpc) is 2.38. The highest BCUT2D eigenvalue weighted by atomic mass is 19.1. The summed E-state index contributed by atoms with van der Waals surface area (Å²) in [6.07, 6.45) is -2.79. The van der Waals surface area contributed by atoms with Crippen LogP contribution in [0.15, 0.2) is 18.2 Å². The number of ether oxygens (including phenoxy) is 1. The monoisotopic (exact) mass is 313 g/mol. The highest BCUT2D eigenvalue weighted by Crippen LogP contribution is 2.23. The zero-order valence-corrected chi connectivity index (χ0v) is 13.4. The van der Waals surface area contributed by atoms with Crippen molar-refractivity contribution in [2.24, 2.45) is 0 Å². The summed E-state index contributed by atoms with van der Waals surface area (Å²) in [5, 5.41) is 22.5. The van der Waals surface area contributed by atoms with Gasteiger partial charge in [0.2, 0.25) is 0 Å². The minimum atomic E-state index is -1.21. The van der Waals surface area contributed by atoms with Crippen LogP contribution >= 0.6 is 0 Å². The molecular formula is C16H24FNO4. The molecule has 0 saturated carbocycles. The fourth-order valence-electron chi connectivity index (χ4n) is 1.93. The van der Waals surface area contributed by atoms with Crippen molar-refractivity contribution in [3.05, 3.63) is 35.1 Å². The quantitative estimate of drug-likeness (QED) is 0.780. The SMILES string of the molecule is Cc1ccc(F)cc1C(O)C(O)CCNC(=O)OC(C)(C)C. The second kappa shape index (κ2) is 7.56. The van der Waals surface area contributed by atoms with E-state index in [2.05, 4.69) is 5.32 Å². The van der Waals surface area contributed by atoms with Gasteiger partial charge in [-0.3, -0.25) is 0 Å². The van der Waals surface area contributed by atoms with Crippen LogP contribution in [0.5, 0.6) is 0 Å². The van der Waals surface area contributed by atoms with Crippen LogP contribution in [-0.4, -0.2) is 34.6 Å². The molecule has 1 aromatic rings. The first-order valence-electron chi connectivity index (χ1n) is 7.19. The van der Waals surface area contributed by atoms with Gasteiger partial charge in [0.1, 0.15) is 17.5 Å². The van der Waals surface area contributed by atoms with Crippen molar-refractivity contribution < 1.29 is 24.1 Å². The molecule has 0 fully saturated rings. The number of hydrogen-bond acceptors (Lipinski definition) is 4. The third-order valence-corrected chi connectivity index (χ3v) is 3.03. The fraction of sp³-hybridized carbons (Fsp3) is 0.562. The molecule has 1 aromatic carbocycles. The molecule has 6 heteroatoms. The molecule has 1 amide bonds. The molecule has 22 heavy (non-hydrogen) atoms. The van der Waals surface area contributed by atoms with E-state index in [4.69, 9.17) is 4.74 Å². The first-order valence-corrected chi connectivity index (χ1v) is 7.19. The number of alkyl carbamates (subject to hydrolysis) is 1. The summed E-state index contributed by atoms with van der Waals surface area (Å²) in [7, 11) is 0. The Morgan fingerprint density at radius 1 is 1.36 bits per heavy atom. The summed E-state index contributed by atoms with van der Waals surface area (Å²) in [4.78, 5) is 11.5. The number of amides is 1. The van der Waals surface area contributed by atoms with E-state index in [0.29, 0.717) is 11.1 Å². The Balaban J connectivity index is 2.50. The zero-order valence-electron chi connectivity index (χ0n) is 13.4. The highest BCUT2D eigenvalue weighted by Gasteiger charge is 2.21. The largest absolute Gasteiger partial charge is 0.444 e. The van der Waals surface area contributed by atoms with E-state index in [9.17, 15) is 19.4 Å². The average molecular weight is 313 g/mol. The van der Waals surface area contributed by atoms with Crippen molar-refractivity contribution in [2.45, 2.75) is 51.9 Å². The third kappa shape index (κ3) is 5.99. The lowest BCUT2D eigenvalue weighted by Gasteiger charge is -2.22. The summed E-state index contributed by atoms with van der Waals surface area (Å²) in [6.45, 7) is 7.11. The molecule has 0 aliphatic rings. The molecular weight excluding hydrogens is 289 g/mol. The van der Waals surface area contributed by atoms with Gasteiger partial charge in [0, 0.05) is 6.54 Å². The van der Waals surface area contributed by atoms with Crippen molar-refractivity contribution in [2.75, 3.05) is 6.54 Å². The molecule has 0 radical (unpaired) electrons. The molecule has 5 nitrogen and oxygen atoms in total. The maximum atomic E-state index is 13.2. The predicted molar refractivity (Wildman–Crippen MR) is 81.0 cm³/mol. The normalized spacial score (nSPS) is 14.3. The van der Waals surface area contributed by atoms with Gasteiger partial charge in [0.25, 0.3) is 0 Å². The fourth-order valence-corrected chi connectivity index (χ4v) is 1.93. The predicted octanol–water partition coefficient (Wildman–Crippen LogP) is 2.44. The highest BCUT2D eigenvalue weighted by molar-refractivity contribution is 5.67. The van der Waals surface area contributed by atoms with Gasteiger partial charge in [-0.15, -0.1) is 0 Å². The van der Waals surface area contributed by atoms with Gasteiger partial charge in [-0.1, -0.05) is 6.07 Å². The molecule has 0 aromatic heterocycles. The Morgan fingerprint density at radius 2 is 2.00 bits per heavy atom. The lowest BCUT2D eigenvalue weighted by Crippen LogP contribution is -2.34. The van der Waals surface area contributed by atoms with Crippen molar-refractivity contribution in [1.82, 2.24) is 5.32 Å². The molecule has 2 atom stereocenters. The van der Waals surface area contributed by atoms with Gasteiger partial charge in [0.15, 0.2) is 0 Å². The van der Waals surface area contributed by atoms with Crippen LogP contribution in [0, 0.1) is 12.7 Å². The Hall–Kier alpha value is -1.66. The molecule has 1 rings (SSSR count). The number of carbonyl (C=O) groups excluding carboxylic acids is 1. The van der Waals surface area contributed by atoms with Crippen molar-refractivity contribution >= 4 is 6.09 Å². The van der Waals surface area contributed by atoms with Crippen molar-refractivity contribution in [3.63, 3.8) is 0 Å². The Bertz CT molecular complexity index is 513. The number of rotatable bonds is 5. The number of aliphatic hydroxyl groups is 2. The van der Waals surface area contributed by atoms with Crippen LogP contribution in [0.3, 0.4) is 0 Å².